The second-order valence-corrected chi connectivity index (χ2v) is 9.68. The van der Waals surface area contributed by atoms with Crippen LogP contribution in [0.5, 0.6) is 0 Å². The predicted octanol–water partition coefficient (Wildman–Crippen LogP) is 6.31. The minimum absolute atomic E-state index is 0.0501. The molecule has 0 amide bonds. The number of carbonyl (C=O) groups excluding carboxylic acids is 1. The monoisotopic (exact) mass is 482 g/mol. The highest BCUT2D eigenvalue weighted by molar-refractivity contribution is 5.96. The molecule has 0 unspecified atom stereocenters. The molecule has 184 valence electrons. The van der Waals surface area contributed by atoms with E-state index in [1.165, 1.54) is 19.9 Å². The van der Waals surface area contributed by atoms with Gasteiger partial charge in [0.25, 0.3) is 0 Å². The zero-order chi connectivity index (χ0) is 25.7. The molecule has 1 aromatic heterocycles. The second kappa shape index (κ2) is 10.9. The lowest BCUT2D eigenvalue weighted by molar-refractivity contribution is 0.0742. The van der Waals surface area contributed by atoms with Gasteiger partial charge in [0.1, 0.15) is 11.4 Å². The van der Waals surface area contributed by atoms with E-state index in [0.717, 1.165) is 16.7 Å². The Kier molecular flexibility index (Phi) is 7.73. The van der Waals surface area contributed by atoms with Gasteiger partial charge in [-0.25, -0.2) is 9.37 Å². The van der Waals surface area contributed by atoms with Gasteiger partial charge in [-0.2, -0.15) is 0 Å². The lowest BCUT2D eigenvalue weighted by atomic mass is 9.94. The molecule has 4 nitrogen and oxygen atoms in total. The Morgan fingerprint density at radius 3 is 1.92 bits per heavy atom. The average Bonchev–Trinajstić information content (AvgIpc) is 2.85. The van der Waals surface area contributed by atoms with Crippen molar-refractivity contribution in [3.05, 3.63) is 125 Å². The van der Waals surface area contributed by atoms with Crippen molar-refractivity contribution in [3.8, 4) is 11.3 Å². The van der Waals surface area contributed by atoms with Crippen molar-refractivity contribution in [1.29, 1.82) is 0 Å². The number of Topliss-reactive ketones (excluding diaryl/α,β-unsaturated/α-hetero) is 1. The SMILES string of the molecule is Cc1ccc(-c2nc(C(=O)CN(Cc3ccccc3)Cc3ccccc3)cc(C(C)(C)O)c2F)cc1. The van der Waals surface area contributed by atoms with Gasteiger partial charge in [-0.05, 0) is 38.0 Å². The fraction of sp³-hybridized carbons (Fsp3) is 0.226. The van der Waals surface area contributed by atoms with E-state index in [-0.39, 0.29) is 29.3 Å². The summed E-state index contributed by atoms with van der Waals surface area (Å²) in [5.74, 6) is -0.853. The van der Waals surface area contributed by atoms with Gasteiger partial charge in [0, 0.05) is 24.2 Å². The minimum Gasteiger partial charge on any atom is -0.386 e. The number of hydrogen-bond acceptors (Lipinski definition) is 4. The van der Waals surface area contributed by atoms with Crippen LogP contribution in [0.15, 0.2) is 91.0 Å². The van der Waals surface area contributed by atoms with E-state index in [0.29, 0.717) is 18.7 Å². The molecule has 0 aliphatic heterocycles. The average molecular weight is 483 g/mol. The highest BCUT2D eigenvalue weighted by Crippen LogP contribution is 2.31. The zero-order valence-electron chi connectivity index (χ0n) is 20.9. The Labute approximate surface area is 212 Å². The summed E-state index contributed by atoms with van der Waals surface area (Å²) in [6.45, 7) is 6.22. The standard InChI is InChI=1S/C31H31FN2O2/c1-22-14-16-25(17-15-22)30-29(32)26(31(2,3)36)18-27(33-30)28(35)21-34(19-23-10-6-4-7-11-23)20-24-12-8-5-9-13-24/h4-18,36H,19-21H2,1-3H3. The Morgan fingerprint density at radius 1 is 0.889 bits per heavy atom. The lowest BCUT2D eigenvalue weighted by Gasteiger charge is -2.23. The van der Waals surface area contributed by atoms with Crippen LogP contribution >= 0.6 is 0 Å². The van der Waals surface area contributed by atoms with Gasteiger partial charge in [-0.1, -0.05) is 90.5 Å². The summed E-state index contributed by atoms with van der Waals surface area (Å²) in [6, 6.07) is 28.6. The van der Waals surface area contributed by atoms with Crippen LogP contribution in [0, 0.1) is 12.7 Å². The number of halogens is 1. The van der Waals surface area contributed by atoms with Crippen LogP contribution in [-0.2, 0) is 18.7 Å². The van der Waals surface area contributed by atoms with Crippen LogP contribution in [0.4, 0.5) is 4.39 Å². The molecule has 1 N–H and O–H groups in total. The number of hydrogen-bond donors (Lipinski definition) is 1. The maximum Gasteiger partial charge on any atom is 0.195 e. The molecule has 0 saturated carbocycles. The molecular weight excluding hydrogens is 451 g/mol. The number of nitrogens with zero attached hydrogens (tertiary/aromatic N) is 2. The van der Waals surface area contributed by atoms with Crippen LogP contribution in [0.1, 0.15) is 46.6 Å². The molecule has 0 aliphatic carbocycles. The third-order valence-corrected chi connectivity index (χ3v) is 6.09. The number of benzene rings is 3. The molecule has 4 rings (SSSR count). The fourth-order valence-electron chi connectivity index (χ4n) is 4.16. The van der Waals surface area contributed by atoms with E-state index in [4.69, 9.17) is 0 Å². The topological polar surface area (TPSA) is 53.4 Å². The van der Waals surface area contributed by atoms with Crippen molar-refractivity contribution < 1.29 is 14.3 Å². The number of pyridine rings is 1. The maximum absolute atomic E-state index is 15.5. The van der Waals surface area contributed by atoms with E-state index in [1.54, 1.807) is 12.1 Å². The molecule has 4 aromatic rings. The summed E-state index contributed by atoms with van der Waals surface area (Å²) in [5, 5.41) is 10.7. The summed E-state index contributed by atoms with van der Waals surface area (Å²) < 4.78 is 15.5. The number of ketones is 1. The second-order valence-electron chi connectivity index (χ2n) is 9.68. The molecule has 1 heterocycles. The first-order valence-electron chi connectivity index (χ1n) is 12.0. The van der Waals surface area contributed by atoms with Crippen LogP contribution in [0.3, 0.4) is 0 Å². The Hall–Kier alpha value is -3.67. The fourth-order valence-corrected chi connectivity index (χ4v) is 4.16. The molecule has 0 fully saturated rings. The Bertz CT molecular complexity index is 1270. The van der Waals surface area contributed by atoms with Gasteiger partial charge in [-0.3, -0.25) is 9.69 Å². The summed E-state index contributed by atoms with van der Waals surface area (Å²) in [4.78, 5) is 20.1. The van der Waals surface area contributed by atoms with Crippen LogP contribution in [0.2, 0.25) is 0 Å². The lowest BCUT2D eigenvalue weighted by Crippen LogP contribution is -2.30. The summed E-state index contributed by atoms with van der Waals surface area (Å²) in [7, 11) is 0. The van der Waals surface area contributed by atoms with Gasteiger partial charge in [0.2, 0.25) is 0 Å². The zero-order valence-corrected chi connectivity index (χ0v) is 20.9. The third kappa shape index (κ3) is 6.30. The first kappa shape index (κ1) is 25.4. The molecule has 36 heavy (non-hydrogen) atoms. The number of aromatic nitrogens is 1. The Balaban J connectivity index is 1.69. The van der Waals surface area contributed by atoms with E-state index >= 15 is 4.39 Å². The summed E-state index contributed by atoms with van der Waals surface area (Å²) in [6.07, 6.45) is 0. The van der Waals surface area contributed by atoms with Gasteiger partial charge in [-0.15, -0.1) is 0 Å². The van der Waals surface area contributed by atoms with E-state index in [1.807, 2.05) is 84.6 Å². The van der Waals surface area contributed by atoms with E-state index < -0.39 is 11.4 Å². The van der Waals surface area contributed by atoms with Crippen molar-refractivity contribution in [2.75, 3.05) is 6.54 Å². The molecule has 0 radical (unpaired) electrons. The van der Waals surface area contributed by atoms with Crippen LogP contribution in [0.25, 0.3) is 11.3 Å². The molecule has 0 saturated heterocycles. The Morgan fingerprint density at radius 2 is 1.42 bits per heavy atom. The largest absolute Gasteiger partial charge is 0.386 e. The number of aryl methyl sites for hydroxylation is 1. The van der Waals surface area contributed by atoms with Crippen molar-refractivity contribution in [2.24, 2.45) is 0 Å². The first-order valence-corrected chi connectivity index (χ1v) is 12.0. The molecule has 0 spiro atoms. The maximum atomic E-state index is 15.5. The van der Waals surface area contributed by atoms with Crippen LogP contribution in [-0.4, -0.2) is 27.3 Å². The first-order chi connectivity index (χ1) is 17.2. The van der Waals surface area contributed by atoms with Gasteiger partial charge in [0.15, 0.2) is 11.6 Å². The number of rotatable bonds is 9. The summed E-state index contributed by atoms with van der Waals surface area (Å²) >= 11 is 0. The van der Waals surface area contributed by atoms with Crippen molar-refractivity contribution in [3.63, 3.8) is 0 Å². The van der Waals surface area contributed by atoms with Gasteiger partial charge >= 0.3 is 0 Å². The third-order valence-electron chi connectivity index (χ3n) is 6.09. The highest BCUT2D eigenvalue weighted by Gasteiger charge is 2.27. The van der Waals surface area contributed by atoms with Crippen molar-refractivity contribution in [2.45, 2.75) is 39.5 Å². The van der Waals surface area contributed by atoms with Crippen molar-refractivity contribution >= 4 is 5.78 Å². The quantitative estimate of drug-likeness (QED) is 0.284. The minimum atomic E-state index is -1.48. The van der Waals surface area contributed by atoms with Crippen molar-refractivity contribution in [1.82, 2.24) is 9.88 Å². The van der Waals surface area contributed by atoms with Gasteiger partial charge in [0.05, 0.1) is 12.1 Å². The molecule has 0 bridgehead atoms. The predicted molar refractivity (Wildman–Crippen MR) is 141 cm³/mol. The smallest absolute Gasteiger partial charge is 0.195 e. The van der Waals surface area contributed by atoms with Crippen LogP contribution < -0.4 is 0 Å². The summed E-state index contributed by atoms with van der Waals surface area (Å²) in [5.41, 5.74) is 2.54. The van der Waals surface area contributed by atoms with E-state index in [2.05, 4.69) is 4.98 Å². The number of aliphatic hydroxyl groups is 1. The molecule has 5 heteroatoms. The molecular formula is C31H31FN2O2. The normalized spacial score (nSPS) is 11.6. The van der Waals surface area contributed by atoms with Gasteiger partial charge < -0.3 is 5.11 Å². The molecule has 0 aliphatic rings. The highest BCUT2D eigenvalue weighted by atomic mass is 19.1. The molecule has 3 aromatic carbocycles. The number of carbonyl (C=O) groups is 1. The molecule has 0 atom stereocenters. The van der Waals surface area contributed by atoms with E-state index in [9.17, 15) is 9.90 Å².